The third kappa shape index (κ3) is 3.23. The minimum absolute atomic E-state index is 0.226. The summed E-state index contributed by atoms with van der Waals surface area (Å²) in [4.78, 5) is 16.3. The fourth-order valence-electron chi connectivity index (χ4n) is 1.86. The van der Waals surface area contributed by atoms with Crippen LogP contribution in [0.4, 0.5) is 5.69 Å². The number of nitrogens with zero attached hydrogens (tertiary/aromatic N) is 1. The minimum atomic E-state index is -0.537. The van der Waals surface area contributed by atoms with Crippen LogP contribution in [0.15, 0.2) is 17.6 Å². The highest BCUT2D eigenvalue weighted by atomic mass is 35.5. The molecule has 102 valence electrons. The Balaban J connectivity index is 2.23. The molecule has 2 aromatic rings. The molecule has 0 saturated heterocycles. The van der Waals surface area contributed by atoms with E-state index in [1.165, 1.54) is 11.3 Å². The van der Waals surface area contributed by atoms with Crippen molar-refractivity contribution in [2.75, 3.05) is 5.32 Å². The second-order valence-electron chi connectivity index (χ2n) is 4.85. The number of aromatic nitrogens is 1. The van der Waals surface area contributed by atoms with Crippen LogP contribution in [-0.4, -0.2) is 16.9 Å². The van der Waals surface area contributed by atoms with Gasteiger partial charge in [0.15, 0.2) is 0 Å². The summed E-state index contributed by atoms with van der Waals surface area (Å²) < 4.78 is 0.983. The van der Waals surface area contributed by atoms with E-state index in [0.717, 1.165) is 4.70 Å². The maximum Gasteiger partial charge on any atom is 0.241 e. The molecule has 0 spiro atoms. The quantitative estimate of drug-likeness (QED) is 0.910. The number of carbonyl (C=O) groups excluding carboxylic acids is 1. The van der Waals surface area contributed by atoms with Crippen LogP contribution in [-0.2, 0) is 4.79 Å². The van der Waals surface area contributed by atoms with Crippen molar-refractivity contribution < 1.29 is 4.79 Å². The molecular weight excluding hydrogens is 282 g/mol. The lowest BCUT2D eigenvalue weighted by molar-refractivity contribution is -0.117. The molecule has 6 heteroatoms. The van der Waals surface area contributed by atoms with Gasteiger partial charge in [-0.25, -0.2) is 4.98 Å². The van der Waals surface area contributed by atoms with Crippen LogP contribution in [0.3, 0.4) is 0 Å². The van der Waals surface area contributed by atoms with Crippen LogP contribution in [0.1, 0.15) is 20.3 Å². The van der Waals surface area contributed by atoms with Crippen LogP contribution in [0.5, 0.6) is 0 Å². The van der Waals surface area contributed by atoms with Gasteiger partial charge in [0.2, 0.25) is 5.91 Å². The Hall–Kier alpha value is -1.17. The fourth-order valence-corrected chi connectivity index (χ4v) is 2.74. The predicted octanol–water partition coefficient (Wildman–Crippen LogP) is 3.26. The molecule has 4 nitrogen and oxygen atoms in total. The number of amides is 1. The lowest BCUT2D eigenvalue weighted by Crippen LogP contribution is -2.36. The second kappa shape index (κ2) is 5.86. The van der Waals surface area contributed by atoms with Gasteiger partial charge in [-0.05, 0) is 24.5 Å². The van der Waals surface area contributed by atoms with E-state index in [4.69, 9.17) is 17.3 Å². The van der Waals surface area contributed by atoms with E-state index in [-0.39, 0.29) is 5.91 Å². The molecule has 0 fully saturated rings. The highest BCUT2D eigenvalue weighted by Crippen LogP contribution is 2.32. The number of hydrogen-bond donors (Lipinski definition) is 2. The molecule has 2 rings (SSSR count). The molecule has 1 aromatic carbocycles. The van der Waals surface area contributed by atoms with E-state index in [1.807, 2.05) is 19.9 Å². The van der Waals surface area contributed by atoms with Gasteiger partial charge in [0.1, 0.15) is 5.52 Å². The van der Waals surface area contributed by atoms with Gasteiger partial charge in [-0.2, -0.15) is 0 Å². The first kappa shape index (κ1) is 14.2. The third-order valence-electron chi connectivity index (χ3n) is 2.76. The molecule has 1 amide bonds. The number of halogens is 1. The highest BCUT2D eigenvalue weighted by Gasteiger charge is 2.18. The van der Waals surface area contributed by atoms with Crippen molar-refractivity contribution in [2.45, 2.75) is 26.3 Å². The van der Waals surface area contributed by atoms with E-state index in [1.54, 1.807) is 11.6 Å². The van der Waals surface area contributed by atoms with Crippen molar-refractivity contribution in [3.8, 4) is 0 Å². The molecule has 0 aliphatic carbocycles. The van der Waals surface area contributed by atoms with Crippen molar-refractivity contribution >= 4 is 44.7 Å². The number of nitrogens with two attached hydrogens (primary N) is 1. The zero-order valence-electron chi connectivity index (χ0n) is 10.8. The Morgan fingerprint density at radius 1 is 1.53 bits per heavy atom. The number of carbonyl (C=O) groups is 1. The number of rotatable bonds is 4. The molecule has 1 aromatic heterocycles. The summed E-state index contributed by atoms with van der Waals surface area (Å²) in [5, 5.41) is 3.27. The summed E-state index contributed by atoms with van der Waals surface area (Å²) >= 11 is 7.63. The summed E-state index contributed by atoms with van der Waals surface area (Å²) in [5.74, 6) is 0.141. The minimum Gasteiger partial charge on any atom is -0.322 e. The first-order chi connectivity index (χ1) is 8.99. The zero-order valence-corrected chi connectivity index (χ0v) is 12.4. The summed E-state index contributed by atoms with van der Waals surface area (Å²) in [6, 6.07) is 3.11. The maximum atomic E-state index is 12.0. The van der Waals surface area contributed by atoms with E-state index in [2.05, 4.69) is 10.3 Å². The summed E-state index contributed by atoms with van der Waals surface area (Å²) in [6.45, 7) is 4.06. The normalized spacial score (nSPS) is 12.9. The average molecular weight is 298 g/mol. The molecule has 3 N–H and O–H groups in total. The van der Waals surface area contributed by atoms with Gasteiger partial charge in [-0.1, -0.05) is 25.4 Å². The Morgan fingerprint density at radius 2 is 2.26 bits per heavy atom. The molecule has 1 heterocycles. The second-order valence-corrected chi connectivity index (χ2v) is 6.14. The average Bonchev–Trinajstić information content (AvgIpc) is 2.80. The Morgan fingerprint density at radius 3 is 2.95 bits per heavy atom. The van der Waals surface area contributed by atoms with Crippen molar-refractivity contribution in [3.63, 3.8) is 0 Å². The van der Waals surface area contributed by atoms with Gasteiger partial charge in [-0.15, -0.1) is 11.3 Å². The van der Waals surface area contributed by atoms with Crippen molar-refractivity contribution in [3.05, 3.63) is 22.7 Å². The van der Waals surface area contributed by atoms with Gasteiger partial charge in [0.25, 0.3) is 0 Å². The fraction of sp³-hybridized carbons (Fsp3) is 0.385. The number of fused-ring (bicyclic) bond motifs is 1. The van der Waals surface area contributed by atoms with Gasteiger partial charge >= 0.3 is 0 Å². The summed E-state index contributed by atoms with van der Waals surface area (Å²) in [5.41, 5.74) is 8.85. The molecular formula is C13H16ClN3OS. The van der Waals surface area contributed by atoms with Crippen LogP contribution in [0.2, 0.25) is 5.02 Å². The Bertz CT molecular complexity index is 597. The first-order valence-corrected chi connectivity index (χ1v) is 7.33. The molecule has 0 aliphatic rings. The molecule has 0 unspecified atom stereocenters. The molecule has 0 radical (unpaired) electrons. The number of benzene rings is 1. The smallest absolute Gasteiger partial charge is 0.241 e. The first-order valence-electron chi connectivity index (χ1n) is 6.07. The maximum absolute atomic E-state index is 12.0. The van der Waals surface area contributed by atoms with E-state index in [0.29, 0.717) is 28.6 Å². The van der Waals surface area contributed by atoms with Crippen LogP contribution in [0, 0.1) is 5.92 Å². The molecule has 0 bridgehead atoms. The van der Waals surface area contributed by atoms with Crippen molar-refractivity contribution in [1.29, 1.82) is 0 Å². The van der Waals surface area contributed by atoms with Crippen molar-refractivity contribution in [2.24, 2.45) is 11.7 Å². The van der Waals surface area contributed by atoms with Crippen LogP contribution >= 0.6 is 22.9 Å². The zero-order chi connectivity index (χ0) is 14.0. The monoisotopic (exact) mass is 297 g/mol. The SMILES string of the molecule is CC(C)C[C@H](N)C(=O)Nc1c(Cl)ccc2scnc12. The van der Waals surface area contributed by atoms with Crippen LogP contribution in [0.25, 0.3) is 10.2 Å². The number of hydrogen-bond acceptors (Lipinski definition) is 4. The number of thiazole rings is 1. The standard InChI is InChI=1S/C13H16ClN3OS/c1-7(2)5-9(15)13(18)17-11-8(14)3-4-10-12(11)16-6-19-10/h3-4,6-7,9H,5,15H2,1-2H3,(H,17,18)/t9-/m0/s1. The van der Waals surface area contributed by atoms with E-state index in [9.17, 15) is 4.79 Å². The van der Waals surface area contributed by atoms with Gasteiger partial charge in [0.05, 0.1) is 27.0 Å². The summed E-state index contributed by atoms with van der Waals surface area (Å²) in [7, 11) is 0. The van der Waals surface area contributed by atoms with Crippen molar-refractivity contribution in [1.82, 2.24) is 4.98 Å². The lowest BCUT2D eigenvalue weighted by Gasteiger charge is -2.15. The Kier molecular flexibility index (Phi) is 4.39. The molecule has 19 heavy (non-hydrogen) atoms. The van der Waals surface area contributed by atoms with Gasteiger partial charge in [-0.3, -0.25) is 4.79 Å². The van der Waals surface area contributed by atoms with Crippen LogP contribution < -0.4 is 11.1 Å². The largest absolute Gasteiger partial charge is 0.322 e. The lowest BCUT2D eigenvalue weighted by atomic mass is 10.0. The van der Waals surface area contributed by atoms with Gasteiger partial charge in [0, 0.05) is 0 Å². The van der Waals surface area contributed by atoms with Gasteiger partial charge < -0.3 is 11.1 Å². The topological polar surface area (TPSA) is 68.0 Å². The van der Waals surface area contributed by atoms with E-state index >= 15 is 0 Å². The summed E-state index contributed by atoms with van der Waals surface area (Å²) in [6.07, 6.45) is 0.635. The number of nitrogens with one attached hydrogen (secondary N) is 1. The highest BCUT2D eigenvalue weighted by molar-refractivity contribution is 7.16. The predicted molar refractivity (Wildman–Crippen MR) is 80.7 cm³/mol. The molecule has 0 saturated carbocycles. The number of anilines is 1. The van der Waals surface area contributed by atoms with E-state index < -0.39 is 6.04 Å². The third-order valence-corrected chi connectivity index (χ3v) is 3.87. The molecule has 0 aliphatic heterocycles. The molecule has 1 atom stereocenters. The Labute approximate surface area is 121 Å².